The van der Waals surface area contributed by atoms with Crippen LogP contribution in [0.5, 0.6) is 0 Å². The molecule has 0 spiro atoms. The van der Waals surface area contributed by atoms with Gasteiger partial charge in [-0.05, 0) is 24.6 Å². The Morgan fingerprint density at radius 1 is 1.28 bits per heavy atom. The van der Waals surface area contributed by atoms with Crippen molar-refractivity contribution in [2.45, 2.75) is 13.3 Å². The Labute approximate surface area is 120 Å². The van der Waals surface area contributed by atoms with Crippen LogP contribution < -0.4 is 5.32 Å². The molecule has 1 aromatic carbocycles. The van der Waals surface area contributed by atoms with Crippen LogP contribution in [0.15, 0.2) is 35.1 Å². The Kier molecular flexibility index (Phi) is 4.55. The monoisotopic (exact) mass is 325 g/mol. The molecule has 1 aromatic heterocycles. The van der Waals surface area contributed by atoms with E-state index < -0.39 is 0 Å². The molecule has 1 N–H and O–H groups in total. The second-order valence-electron chi connectivity index (χ2n) is 3.80. The van der Waals surface area contributed by atoms with E-state index in [-0.39, 0.29) is 0 Å². The number of halogens is 2. The zero-order valence-corrected chi connectivity index (χ0v) is 12.3. The first-order valence-corrected chi connectivity index (χ1v) is 6.89. The van der Waals surface area contributed by atoms with E-state index in [1.807, 2.05) is 18.2 Å². The Hall–Kier alpha value is -1.13. The van der Waals surface area contributed by atoms with Gasteiger partial charge >= 0.3 is 0 Å². The van der Waals surface area contributed by atoms with Crippen molar-refractivity contribution in [1.29, 1.82) is 0 Å². The van der Waals surface area contributed by atoms with E-state index in [4.69, 9.17) is 11.6 Å². The topological polar surface area (TPSA) is 37.8 Å². The van der Waals surface area contributed by atoms with Gasteiger partial charge in [-0.1, -0.05) is 34.5 Å². The summed E-state index contributed by atoms with van der Waals surface area (Å²) in [5.41, 5.74) is 1.65. The number of nitrogens with zero attached hydrogens (tertiary/aromatic N) is 2. The molecule has 0 fully saturated rings. The number of hydrogen-bond acceptors (Lipinski definition) is 3. The summed E-state index contributed by atoms with van der Waals surface area (Å²) < 4.78 is 0.967. The van der Waals surface area contributed by atoms with Crippen molar-refractivity contribution in [2.75, 3.05) is 11.9 Å². The second-order valence-corrected chi connectivity index (χ2v) is 5.13. The van der Waals surface area contributed by atoms with Crippen molar-refractivity contribution in [3.63, 3.8) is 0 Å². The number of anilines is 1. The molecule has 0 atom stereocenters. The Bertz CT molecular complexity index is 546. The summed E-state index contributed by atoms with van der Waals surface area (Å²) in [7, 11) is 0. The highest BCUT2D eigenvalue weighted by Crippen LogP contribution is 2.32. The number of hydrogen-bond donors (Lipinski definition) is 1. The SMILES string of the molecule is CCCNc1nccnc1-c1cc(Br)ccc1Cl. The molecule has 5 heteroatoms. The molecule has 0 bridgehead atoms. The first-order valence-electron chi connectivity index (χ1n) is 5.72. The smallest absolute Gasteiger partial charge is 0.152 e. The van der Waals surface area contributed by atoms with Crippen LogP contribution in [0.25, 0.3) is 11.3 Å². The lowest BCUT2D eigenvalue weighted by Crippen LogP contribution is -2.04. The van der Waals surface area contributed by atoms with Gasteiger partial charge in [-0.2, -0.15) is 0 Å². The minimum atomic E-state index is 0.665. The van der Waals surface area contributed by atoms with Gasteiger partial charge in [0, 0.05) is 29.0 Å². The molecule has 3 nitrogen and oxygen atoms in total. The van der Waals surface area contributed by atoms with Crippen molar-refractivity contribution < 1.29 is 0 Å². The average molecular weight is 327 g/mol. The predicted molar refractivity (Wildman–Crippen MR) is 79.0 cm³/mol. The normalized spacial score (nSPS) is 10.4. The van der Waals surface area contributed by atoms with Gasteiger partial charge in [0.1, 0.15) is 5.69 Å². The molecule has 2 rings (SSSR count). The number of rotatable bonds is 4. The highest BCUT2D eigenvalue weighted by Gasteiger charge is 2.11. The van der Waals surface area contributed by atoms with E-state index in [2.05, 4.69) is 38.1 Å². The van der Waals surface area contributed by atoms with Gasteiger partial charge in [-0.15, -0.1) is 0 Å². The third-order valence-corrected chi connectivity index (χ3v) is 3.25. The van der Waals surface area contributed by atoms with Gasteiger partial charge < -0.3 is 5.32 Å². The maximum absolute atomic E-state index is 6.22. The third-order valence-electron chi connectivity index (χ3n) is 2.42. The van der Waals surface area contributed by atoms with Crippen LogP contribution in [0.4, 0.5) is 5.82 Å². The maximum Gasteiger partial charge on any atom is 0.152 e. The molecule has 0 radical (unpaired) electrons. The number of benzene rings is 1. The van der Waals surface area contributed by atoms with Gasteiger partial charge in [0.2, 0.25) is 0 Å². The predicted octanol–water partition coefficient (Wildman–Crippen LogP) is 4.38. The Morgan fingerprint density at radius 3 is 2.83 bits per heavy atom. The highest BCUT2D eigenvalue weighted by atomic mass is 79.9. The highest BCUT2D eigenvalue weighted by molar-refractivity contribution is 9.10. The van der Waals surface area contributed by atoms with Crippen molar-refractivity contribution in [3.8, 4) is 11.3 Å². The molecular formula is C13H13BrClN3. The lowest BCUT2D eigenvalue weighted by atomic mass is 10.1. The van der Waals surface area contributed by atoms with Crippen molar-refractivity contribution in [2.24, 2.45) is 0 Å². The van der Waals surface area contributed by atoms with Gasteiger partial charge in [0.25, 0.3) is 0 Å². The first-order chi connectivity index (χ1) is 8.72. The molecule has 0 saturated carbocycles. The fourth-order valence-corrected chi connectivity index (χ4v) is 2.15. The van der Waals surface area contributed by atoms with Crippen molar-refractivity contribution in [1.82, 2.24) is 9.97 Å². The van der Waals surface area contributed by atoms with Gasteiger partial charge in [-0.25, -0.2) is 4.98 Å². The van der Waals surface area contributed by atoms with Crippen LogP contribution >= 0.6 is 27.5 Å². The zero-order valence-electron chi connectivity index (χ0n) is 9.95. The van der Waals surface area contributed by atoms with Crippen LogP contribution in [-0.4, -0.2) is 16.5 Å². The summed E-state index contributed by atoms with van der Waals surface area (Å²) in [6, 6.07) is 5.70. The average Bonchev–Trinajstić information content (AvgIpc) is 2.39. The zero-order chi connectivity index (χ0) is 13.0. The van der Waals surface area contributed by atoms with Crippen LogP contribution in [0.3, 0.4) is 0 Å². The molecule has 0 saturated heterocycles. The lowest BCUT2D eigenvalue weighted by molar-refractivity contribution is 0.966. The largest absolute Gasteiger partial charge is 0.368 e. The van der Waals surface area contributed by atoms with Crippen LogP contribution in [-0.2, 0) is 0 Å². The minimum Gasteiger partial charge on any atom is -0.368 e. The van der Waals surface area contributed by atoms with Crippen LogP contribution in [0, 0.1) is 0 Å². The van der Waals surface area contributed by atoms with E-state index >= 15 is 0 Å². The quantitative estimate of drug-likeness (QED) is 0.906. The van der Waals surface area contributed by atoms with Gasteiger partial charge in [0.15, 0.2) is 5.82 Å². The fraction of sp³-hybridized carbons (Fsp3) is 0.231. The maximum atomic E-state index is 6.22. The Morgan fingerprint density at radius 2 is 2.06 bits per heavy atom. The summed E-state index contributed by atoms with van der Waals surface area (Å²) in [4.78, 5) is 8.69. The van der Waals surface area contributed by atoms with E-state index in [9.17, 15) is 0 Å². The summed E-state index contributed by atoms with van der Waals surface area (Å²) in [6.45, 7) is 2.96. The number of aromatic nitrogens is 2. The molecule has 0 aliphatic heterocycles. The van der Waals surface area contributed by atoms with Crippen molar-refractivity contribution in [3.05, 3.63) is 40.1 Å². The molecule has 0 aliphatic carbocycles. The summed E-state index contributed by atoms with van der Waals surface area (Å²) >= 11 is 9.66. The summed E-state index contributed by atoms with van der Waals surface area (Å²) in [5, 5.41) is 3.93. The molecule has 94 valence electrons. The second kappa shape index (κ2) is 6.16. The van der Waals surface area contributed by atoms with Crippen LogP contribution in [0.2, 0.25) is 5.02 Å². The molecule has 18 heavy (non-hydrogen) atoms. The first kappa shape index (κ1) is 13.3. The van der Waals surface area contributed by atoms with E-state index in [1.54, 1.807) is 12.4 Å². The molecule has 1 heterocycles. The molecule has 0 unspecified atom stereocenters. The van der Waals surface area contributed by atoms with E-state index in [0.29, 0.717) is 5.02 Å². The number of nitrogens with one attached hydrogen (secondary N) is 1. The summed E-state index contributed by atoms with van der Waals surface area (Å²) in [6.07, 6.45) is 4.37. The molecular weight excluding hydrogens is 314 g/mol. The van der Waals surface area contributed by atoms with E-state index in [0.717, 1.165) is 34.5 Å². The molecule has 2 aromatic rings. The molecule has 0 amide bonds. The standard InChI is InChI=1S/C13H13BrClN3/c1-2-5-17-13-12(16-6-7-18-13)10-8-9(14)3-4-11(10)15/h3-4,6-8H,2,5H2,1H3,(H,17,18). The Balaban J connectivity index is 2.46. The lowest BCUT2D eigenvalue weighted by Gasteiger charge is -2.10. The minimum absolute atomic E-state index is 0.665. The van der Waals surface area contributed by atoms with Gasteiger partial charge in [0.05, 0.1) is 5.02 Å². The fourth-order valence-electron chi connectivity index (χ4n) is 1.59. The van der Waals surface area contributed by atoms with Crippen molar-refractivity contribution >= 4 is 33.3 Å². The van der Waals surface area contributed by atoms with E-state index in [1.165, 1.54) is 0 Å². The van der Waals surface area contributed by atoms with Gasteiger partial charge in [-0.3, -0.25) is 4.98 Å². The summed E-state index contributed by atoms with van der Waals surface area (Å²) in [5.74, 6) is 0.763. The molecule has 0 aliphatic rings. The third kappa shape index (κ3) is 3.00. The van der Waals surface area contributed by atoms with Crippen LogP contribution in [0.1, 0.15) is 13.3 Å².